The van der Waals surface area contributed by atoms with Crippen LogP contribution in [-0.2, 0) is 0 Å². The Balaban J connectivity index is 4.27. The van der Waals surface area contributed by atoms with Gasteiger partial charge in [-0.1, -0.05) is 78.3 Å². The number of unbranched alkanes of at least 4 members (excludes halogenated alkanes) is 5. The number of carbonyl (C=O) groups excluding carboxylic acids is 1. The maximum absolute atomic E-state index is 12.5. The maximum atomic E-state index is 12.5. The van der Waals surface area contributed by atoms with E-state index in [0.717, 1.165) is 13.0 Å². The highest BCUT2D eigenvalue weighted by atomic mass is 28.3. The van der Waals surface area contributed by atoms with Gasteiger partial charge in [-0.15, -0.1) is 0 Å². The van der Waals surface area contributed by atoms with Gasteiger partial charge in [0.15, 0.2) is 8.24 Å². The lowest BCUT2D eigenvalue weighted by Gasteiger charge is -2.36. The molecule has 0 heterocycles. The minimum absolute atomic E-state index is 0.178. The number of amides is 2. The Labute approximate surface area is 128 Å². The number of nitrogens with one attached hydrogen (secondary N) is 1. The van der Waals surface area contributed by atoms with Crippen molar-refractivity contribution in [3.05, 3.63) is 0 Å². The number of nitrogens with zero attached hydrogens (tertiary/aromatic N) is 1. The van der Waals surface area contributed by atoms with Crippen molar-refractivity contribution < 1.29 is 4.79 Å². The summed E-state index contributed by atoms with van der Waals surface area (Å²) in [5.41, 5.74) is 0. The molecule has 0 saturated carbocycles. The lowest BCUT2D eigenvalue weighted by molar-refractivity contribution is 0.225. The van der Waals surface area contributed by atoms with E-state index in [4.69, 9.17) is 0 Å². The molecule has 0 saturated heterocycles. The second kappa shape index (κ2) is 8.87. The molecule has 20 heavy (non-hydrogen) atoms. The van der Waals surface area contributed by atoms with Crippen LogP contribution in [0, 0.1) is 0 Å². The Morgan fingerprint density at radius 2 is 1.40 bits per heavy atom. The van der Waals surface area contributed by atoms with Crippen molar-refractivity contribution >= 4 is 22.5 Å². The van der Waals surface area contributed by atoms with E-state index in [1.54, 1.807) is 0 Å². The van der Waals surface area contributed by atoms with Crippen molar-refractivity contribution in [1.29, 1.82) is 0 Å². The van der Waals surface area contributed by atoms with Crippen LogP contribution in [0.4, 0.5) is 4.79 Å². The van der Waals surface area contributed by atoms with Crippen LogP contribution in [0.5, 0.6) is 0 Å². The van der Waals surface area contributed by atoms with Gasteiger partial charge in [-0.25, -0.2) is 0 Å². The van der Waals surface area contributed by atoms with E-state index in [1.807, 2.05) is 0 Å². The number of carbonyl (C=O) groups is 1. The van der Waals surface area contributed by atoms with Gasteiger partial charge in [0.05, 0.1) is 0 Å². The molecule has 0 aromatic rings. The standard InChI is InChI=1S/C15H36N2OSi2/c1-8-9-10-11-12-13-14-17(20(5,6)7)15(18)16-19(2,3)4/h8-14H2,1-7H3,(H,16,18). The summed E-state index contributed by atoms with van der Waals surface area (Å²) < 4.78 is 2.14. The van der Waals surface area contributed by atoms with Crippen LogP contribution in [0.3, 0.4) is 0 Å². The van der Waals surface area contributed by atoms with Gasteiger partial charge in [0.1, 0.15) is 8.24 Å². The lowest BCUT2D eigenvalue weighted by atomic mass is 10.1. The Morgan fingerprint density at radius 3 is 1.85 bits per heavy atom. The molecular formula is C15H36N2OSi2. The molecule has 0 aromatic carbocycles. The summed E-state index contributed by atoms with van der Waals surface area (Å²) in [6.07, 6.45) is 7.68. The molecular weight excluding hydrogens is 280 g/mol. The van der Waals surface area contributed by atoms with Crippen molar-refractivity contribution in [1.82, 2.24) is 9.55 Å². The molecule has 0 aliphatic carbocycles. The average molecular weight is 317 g/mol. The van der Waals surface area contributed by atoms with Crippen LogP contribution in [0.2, 0.25) is 39.3 Å². The van der Waals surface area contributed by atoms with Crippen molar-refractivity contribution in [2.45, 2.75) is 84.7 Å². The summed E-state index contributed by atoms with van der Waals surface area (Å²) in [7, 11) is -3.13. The van der Waals surface area contributed by atoms with Crippen LogP contribution >= 0.6 is 0 Å². The molecule has 0 aromatic heterocycles. The van der Waals surface area contributed by atoms with E-state index in [-0.39, 0.29) is 6.03 Å². The molecule has 0 spiro atoms. The van der Waals surface area contributed by atoms with Crippen LogP contribution in [0.25, 0.3) is 0 Å². The van der Waals surface area contributed by atoms with Gasteiger partial charge in [0.2, 0.25) is 0 Å². The van der Waals surface area contributed by atoms with Gasteiger partial charge in [-0.05, 0) is 6.42 Å². The Bertz CT molecular complexity index is 283. The summed E-state index contributed by atoms with van der Waals surface area (Å²) >= 11 is 0. The molecule has 120 valence electrons. The highest BCUT2D eigenvalue weighted by Gasteiger charge is 2.30. The highest BCUT2D eigenvalue weighted by Crippen LogP contribution is 2.14. The topological polar surface area (TPSA) is 32.3 Å². The zero-order chi connectivity index (χ0) is 15.8. The quantitative estimate of drug-likeness (QED) is 0.469. The van der Waals surface area contributed by atoms with Gasteiger partial charge < -0.3 is 9.55 Å². The van der Waals surface area contributed by atoms with Crippen LogP contribution in [0.1, 0.15) is 45.4 Å². The summed E-state index contributed by atoms with van der Waals surface area (Å²) in [6, 6.07) is 0.178. The molecule has 0 bridgehead atoms. The summed E-state index contributed by atoms with van der Waals surface area (Å²) in [5, 5.41) is 0. The molecule has 1 N–H and O–H groups in total. The van der Waals surface area contributed by atoms with Crippen molar-refractivity contribution in [3.8, 4) is 0 Å². The SMILES string of the molecule is CCCCCCCCN(C(=O)N[Si](C)(C)C)[Si](C)(C)C. The third-order valence-corrected chi connectivity index (χ3v) is 6.28. The van der Waals surface area contributed by atoms with E-state index in [2.05, 4.69) is 55.8 Å². The third-order valence-electron chi connectivity index (χ3n) is 3.27. The Hall–Kier alpha value is -0.296. The van der Waals surface area contributed by atoms with Gasteiger partial charge >= 0.3 is 6.03 Å². The fourth-order valence-corrected chi connectivity index (χ4v) is 4.56. The second-order valence-corrected chi connectivity index (χ2v) is 17.4. The highest BCUT2D eigenvalue weighted by molar-refractivity contribution is 6.78. The minimum atomic E-state index is -1.58. The van der Waals surface area contributed by atoms with Gasteiger partial charge in [0.25, 0.3) is 0 Å². The van der Waals surface area contributed by atoms with Crippen LogP contribution in [-0.4, -0.2) is 33.6 Å². The Morgan fingerprint density at radius 1 is 0.900 bits per heavy atom. The van der Waals surface area contributed by atoms with E-state index in [9.17, 15) is 4.79 Å². The third kappa shape index (κ3) is 9.58. The lowest BCUT2D eigenvalue weighted by Crippen LogP contribution is -2.59. The first-order valence-electron chi connectivity index (χ1n) is 8.17. The van der Waals surface area contributed by atoms with E-state index in [0.29, 0.717) is 0 Å². The van der Waals surface area contributed by atoms with Gasteiger partial charge in [0, 0.05) is 6.54 Å². The van der Waals surface area contributed by atoms with Gasteiger partial charge in [-0.3, -0.25) is 4.79 Å². The molecule has 3 nitrogen and oxygen atoms in total. The zero-order valence-corrected chi connectivity index (χ0v) is 16.8. The Kier molecular flexibility index (Phi) is 8.74. The normalized spacial score (nSPS) is 12.3. The number of urea groups is 1. The van der Waals surface area contributed by atoms with Crippen molar-refractivity contribution in [2.75, 3.05) is 6.54 Å². The molecule has 0 rings (SSSR count). The number of rotatable bonds is 9. The van der Waals surface area contributed by atoms with Crippen molar-refractivity contribution in [2.24, 2.45) is 0 Å². The molecule has 5 heteroatoms. The van der Waals surface area contributed by atoms with E-state index >= 15 is 0 Å². The van der Waals surface area contributed by atoms with Crippen molar-refractivity contribution in [3.63, 3.8) is 0 Å². The average Bonchev–Trinajstić information content (AvgIpc) is 2.23. The molecule has 0 unspecified atom stereocenters. The van der Waals surface area contributed by atoms with Crippen LogP contribution < -0.4 is 4.98 Å². The zero-order valence-electron chi connectivity index (χ0n) is 14.8. The van der Waals surface area contributed by atoms with Crippen LogP contribution in [0.15, 0.2) is 0 Å². The number of hydrogen-bond acceptors (Lipinski definition) is 1. The predicted molar refractivity (Wildman–Crippen MR) is 95.3 cm³/mol. The monoisotopic (exact) mass is 316 g/mol. The van der Waals surface area contributed by atoms with E-state index in [1.165, 1.54) is 32.1 Å². The second-order valence-electron chi connectivity index (χ2n) is 7.77. The fourth-order valence-electron chi connectivity index (χ4n) is 2.18. The first-order valence-corrected chi connectivity index (χ1v) is 15.1. The summed E-state index contributed by atoms with van der Waals surface area (Å²) in [6.45, 7) is 16.5. The molecule has 0 atom stereocenters. The smallest absolute Gasteiger partial charge is 0.301 e. The maximum Gasteiger partial charge on any atom is 0.301 e. The van der Waals surface area contributed by atoms with Gasteiger partial charge in [-0.2, -0.15) is 0 Å². The molecule has 0 radical (unpaired) electrons. The van der Waals surface area contributed by atoms with E-state index < -0.39 is 16.5 Å². The largest absolute Gasteiger partial charge is 0.365 e. The molecule has 0 aliphatic heterocycles. The molecule has 0 fully saturated rings. The molecule has 2 amide bonds. The molecule has 0 aliphatic rings. The predicted octanol–water partition coefficient (Wildman–Crippen LogP) is 5.03. The first kappa shape index (κ1) is 19.7. The summed E-state index contributed by atoms with van der Waals surface area (Å²) in [5.74, 6) is 0. The first-order chi connectivity index (χ1) is 9.08. The number of hydrogen-bond donors (Lipinski definition) is 1. The summed E-state index contributed by atoms with van der Waals surface area (Å²) in [4.78, 5) is 15.7. The fraction of sp³-hybridized carbons (Fsp3) is 0.933. The minimum Gasteiger partial charge on any atom is -0.365 e.